The summed E-state index contributed by atoms with van der Waals surface area (Å²) in [6.45, 7) is 2.48. The summed E-state index contributed by atoms with van der Waals surface area (Å²) in [5.41, 5.74) is 4.31. The predicted molar refractivity (Wildman–Crippen MR) is 166 cm³/mol. The van der Waals surface area contributed by atoms with E-state index in [0.717, 1.165) is 33.1 Å². The Kier molecular flexibility index (Phi) is 7.99. The normalized spacial score (nSPS) is 13.0. The highest BCUT2D eigenvalue weighted by atomic mass is 19.3. The maximum Gasteiger partial charge on any atom is 0.321 e. The molecule has 0 aliphatic rings. The number of H-pyrrole nitrogens is 1. The number of halogens is 2. The molecule has 0 aliphatic heterocycles. The Bertz CT molecular complexity index is 1980. The molecule has 6 aromatic rings. The Labute approximate surface area is 257 Å². The van der Waals surface area contributed by atoms with Crippen LogP contribution in [0.5, 0.6) is 5.75 Å². The first-order chi connectivity index (χ1) is 21.7. The molecule has 9 nitrogen and oxygen atoms in total. The van der Waals surface area contributed by atoms with Crippen molar-refractivity contribution < 1.29 is 23.1 Å². The third kappa shape index (κ3) is 6.37. The number of ether oxygens (including phenoxy) is 1. The van der Waals surface area contributed by atoms with Crippen LogP contribution in [0.2, 0.25) is 0 Å². The van der Waals surface area contributed by atoms with Gasteiger partial charge in [0.25, 0.3) is 11.8 Å². The van der Waals surface area contributed by atoms with Crippen molar-refractivity contribution in [2.75, 3.05) is 0 Å². The zero-order valence-electron chi connectivity index (χ0n) is 24.5. The zero-order chi connectivity index (χ0) is 31.6. The molecule has 4 aromatic carbocycles. The average molecular weight is 609 g/mol. The van der Waals surface area contributed by atoms with Crippen LogP contribution in [-0.4, -0.2) is 43.8 Å². The lowest BCUT2D eigenvalue weighted by atomic mass is 10.0. The fourth-order valence-corrected chi connectivity index (χ4v) is 5.15. The molecule has 2 aromatic heterocycles. The van der Waals surface area contributed by atoms with Crippen LogP contribution >= 0.6 is 0 Å². The molecule has 6 rings (SSSR count). The van der Waals surface area contributed by atoms with Gasteiger partial charge < -0.3 is 15.4 Å². The SMILES string of the molecule is C[C@H](NC(=O)C(C)(F)F)[C@H](Oc1ccc2c(cnn2-c2cccc(C(=O)NCc3[nH]nc4ccccc34)c2)c1)c1ccccc1. The highest BCUT2D eigenvalue weighted by molar-refractivity contribution is 5.95. The Morgan fingerprint density at radius 2 is 1.76 bits per heavy atom. The first-order valence-corrected chi connectivity index (χ1v) is 14.4. The van der Waals surface area contributed by atoms with Gasteiger partial charge in [0.15, 0.2) is 0 Å². The van der Waals surface area contributed by atoms with Crippen molar-refractivity contribution >= 4 is 33.6 Å². The van der Waals surface area contributed by atoms with Gasteiger partial charge in [-0.3, -0.25) is 14.7 Å². The summed E-state index contributed by atoms with van der Waals surface area (Å²) >= 11 is 0. The molecule has 2 atom stereocenters. The first kappa shape index (κ1) is 29.5. The van der Waals surface area contributed by atoms with Gasteiger partial charge in [-0.05, 0) is 55.0 Å². The van der Waals surface area contributed by atoms with Gasteiger partial charge in [0.1, 0.15) is 11.9 Å². The molecule has 0 aliphatic carbocycles. The van der Waals surface area contributed by atoms with Gasteiger partial charge in [-0.25, -0.2) is 4.68 Å². The first-order valence-electron chi connectivity index (χ1n) is 14.4. The third-order valence-corrected chi connectivity index (χ3v) is 7.46. The highest BCUT2D eigenvalue weighted by Crippen LogP contribution is 2.29. The Morgan fingerprint density at radius 3 is 2.56 bits per heavy atom. The molecule has 11 heteroatoms. The molecule has 2 heterocycles. The number of benzene rings is 4. The molecule has 3 N–H and O–H groups in total. The van der Waals surface area contributed by atoms with Crippen LogP contribution in [0.3, 0.4) is 0 Å². The molecule has 228 valence electrons. The summed E-state index contributed by atoms with van der Waals surface area (Å²) in [6, 6.07) is 28.6. The molecule has 0 spiro atoms. The summed E-state index contributed by atoms with van der Waals surface area (Å²) in [6.07, 6.45) is 0.943. The van der Waals surface area contributed by atoms with E-state index in [1.165, 1.54) is 0 Å². The second-order valence-corrected chi connectivity index (χ2v) is 10.8. The number of alkyl halides is 2. The second-order valence-electron chi connectivity index (χ2n) is 10.8. The van der Waals surface area contributed by atoms with E-state index < -0.39 is 24.0 Å². The van der Waals surface area contributed by atoms with E-state index in [-0.39, 0.29) is 5.91 Å². The average Bonchev–Trinajstić information content (AvgIpc) is 3.66. The fourth-order valence-electron chi connectivity index (χ4n) is 5.15. The number of rotatable bonds is 10. The quantitative estimate of drug-likeness (QED) is 0.174. The zero-order valence-corrected chi connectivity index (χ0v) is 24.5. The predicted octanol–water partition coefficient (Wildman–Crippen LogP) is 6.11. The standard InChI is InChI=1S/C34H30F2N6O3/c1-21(39-33(44)34(2,35)36)31(22-9-4-3-5-10-22)45-26-15-16-30-24(18-26)19-38-42(30)25-12-8-11-23(17-25)32(43)37-20-29-27-13-6-7-14-28(27)40-41-29/h3-19,21,31H,20H2,1-2H3,(H,37,43)(H,39,44)(H,40,41)/t21-,31-/m0/s1. The van der Waals surface area contributed by atoms with E-state index in [9.17, 15) is 18.4 Å². The maximum absolute atomic E-state index is 13.6. The summed E-state index contributed by atoms with van der Waals surface area (Å²) in [5, 5.41) is 18.8. The fraction of sp³-hybridized carbons (Fsp3) is 0.176. The minimum atomic E-state index is -3.52. The van der Waals surface area contributed by atoms with Crippen molar-refractivity contribution in [2.24, 2.45) is 0 Å². The van der Waals surface area contributed by atoms with Gasteiger partial charge in [0, 0.05) is 23.3 Å². The smallest absolute Gasteiger partial charge is 0.321 e. The van der Waals surface area contributed by atoms with Gasteiger partial charge >= 0.3 is 5.92 Å². The molecular formula is C34H30F2N6O3. The minimum absolute atomic E-state index is 0.239. The van der Waals surface area contributed by atoms with E-state index in [2.05, 4.69) is 25.9 Å². The van der Waals surface area contributed by atoms with Crippen LogP contribution < -0.4 is 15.4 Å². The maximum atomic E-state index is 13.6. The number of aromatic nitrogens is 4. The van der Waals surface area contributed by atoms with Crippen LogP contribution in [0.15, 0.2) is 103 Å². The summed E-state index contributed by atoms with van der Waals surface area (Å²) in [4.78, 5) is 25.1. The number of para-hydroxylation sites is 1. The number of nitrogens with zero attached hydrogens (tertiary/aromatic N) is 3. The van der Waals surface area contributed by atoms with Gasteiger partial charge in [-0.1, -0.05) is 54.6 Å². The van der Waals surface area contributed by atoms with E-state index in [1.54, 1.807) is 48.1 Å². The monoisotopic (exact) mass is 608 g/mol. The Hall–Kier alpha value is -5.58. The minimum Gasteiger partial charge on any atom is -0.484 e. The number of carbonyl (C=O) groups excluding carboxylic acids is 2. The Morgan fingerprint density at radius 1 is 0.978 bits per heavy atom. The second kappa shape index (κ2) is 12.2. The molecule has 2 amide bonds. The van der Waals surface area contributed by atoms with Gasteiger partial charge in [0.05, 0.1) is 41.2 Å². The lowest BCUT2D eigenvalue weighted by Gasteiger charge is -2.27. The molecule has 0 bridgehead atoms. The molecular weight excluding hydrogens is 578 g/mol. The molecule has 0 saturated heterocycles. The number of carbonyl (C=O) groups is 2. The summed E-state index contributed by atoms with van der Waals surface area (Å²) in [5.74, 6) is -4.66. The number of fused-ring (bicyclic) bond motifs is 2. The summed E-state index contributed by atoms with van der Waals surface area (Å²) in [7, 11) is 0. The van der Waals surface area contributed by atoms with E-state index in [0.29, 0.717) is 30.5 Å². The lowest BCUT2D eigenvalue weighted by molar-refractivity contribution is -0.144. The van der Waals surface area contributed by atoms with Gasteiger partial charge in [-0.2, -0.15) is 19.0 Å². The highest BCUT2D eigenvalue weighted by Gasteiger charge is 2.35. The number of amides is 2. The van der Waals surface area contributed by atoms with Crippen molar-refractivity contribution in [2.45, 2.75) is 38.5 Å². The molecule has 45 heavy (non-hydrogen) atoms. The van der Waals surface area contributed by atoms with E-state index in [4.69, 9.17) is 4.74 Å². The van der Waals surface area contributed by atoms with Crippen molar-refractivity contribution in [3.8, 4) is 11.4 Å². The van der Waals surface area contributed by atoms with Gasteiger partial charge in [-0.15, -0.1) is 0 Å². The van der Waals surface area contributed by atoms with Crippen LogP contribution in [0, 0.1) is 0 Å². The van der Waals surface area contributed by atoms with Crippen LogP contribution in [0.1, 0.15) is 41.6 Å². The van der Waals surface area contributed by atoms with Crippen molar-refractivity contribution in [3.63, 3.8) is 0 Å². The van der Waals surface area contributed by atoms with E-state index in [1.807, 2.05) is 66.7 Å². The topological polar surface area (TPSA) is 114 Å². The lowest BCUT2D eigenvalue weighted by Crippen LogP contribution is -2.46. The molecule has 0 radical (unpaired) electrons. The largest absolute Gasteiger partial charge is 0.484 e. The van der Waals surface area contributed by atoms with Gasteiger partial charge in [0.2, 0.25) is 0 Å². The number of aromatic amines is 1. The van der Waals surface area contributed by atoms with E-state index >= 15 is 0 Å². The van der Waals surface area contributed by atoms with Crippen molar-refractivity contribution in [1.29, 1.82) is 0 Å². The van der Waals surface area contributed by atoms with Crippen molar-refractivity contribution in [3.05, 3.63) is 120 Å². The number of nitrogens with one attached hydrogen (secondary N) is 3. The molecule has 0 saturated carbocycles. The van der Waals surface area contributed by atoms with Crippen LogP contribution in [0.4, 0.5) is 8.78 Å². The number of hydrogen-bond donors (Lipinski definition) is 3. The van der Waals surface area contributed by atoms with Crippen LogP contribution in [-0.2, 0) is 11.3 Å². The molecule has 0 fully saturated rings. The van der Waals surface area contributed by atoms with Crippen molar-refractivity contribution in [1.82, 2.24) is 30.6 Å². The molecule has 0 unspecified atom stereocenters. The van der Waals surface area contributed by atoms with Crippen LogP contribution in [0.25, 0.3) is 27.5 Å². The number of hydrogen-bond acceptors (Lipinski definition) is 5. The summed E-state index contributed by atoms with van der Waals surface area (Å²) < 4.78 is 35.2. The third-order valence-electron chi connectivity index (χ3n) is 7.46. The Balaban J connectivity index is 1.20.